The van der Waals surface area contributed by atoms with Crippen LogP contribution in [0.3, 0.4) is 0 Å². The molecule has 0 spiro atoms. The Kier molecular flexibility index (Phi) is 6.66. The smallest absolute Gasteiger partial charge is 0.227 e. The van der Waals surface area contributed by atoms with Gasteiger partial charge in [-0.25, -0.2) is 0 Å². The fourth-order valence-electron chi connectivity index (χ4n) is 3.51. The van der Waals surface area contributed by atoms with Crippen LogP contribution in [0.2, 0.25) is 0 Å². The van der Waals surface area contributed by atoms with Gasteiger partial charge in [0, 0.05) is 75.8 Å². The Labute approximate surface area is 175 Å². The molecule has 3 aromatic rings. The van der Waals surface area contributed by atoms with E-state index in [4.69, 9.17) is 4.52 Å². The lowest BCUT2D eigenvalue weighted by Crippen LogP contribution is -2.48. The lowest BCUT2D eigenvalue weighted by molar-refractivity contribution is -0.121. The minimum Gasteiger partial charge on any atom is -0.369 e. The summed E-state index contributed by atoms with van der Waals surface area (Å²) in [6.07, 6.45) is 4.13. The third-order valence-electron chi connectivity index (χ3n) is 5.22. The lowest BCUT2D eigenvalue weighted by atomic mass is 10.2. The van der Waals surface area contributed by atoms with Crippen LogP contribution in [0.5, 0.6) is 0 Å². The molecule has 1 N–H and O–H groups in total. The van der Waals surface area contributed by atoms with Crippen LogP contribution >= 0.6 is 0 Å². The number of rotatable bonds is 8. The summed E-state index contributed by atoms with van der Waals surface area (Å²) in [6, 6.07) is 14.1. The summed E-state index contributed by atoms with van der Waals surface area (Å²) in [6.45, 7) is 5.54. The molecule has 1 saturated heterocycles. The molecule has 1 aliphatic heterocycles. The highest BCUT2D eigenvalue weighted by Crippen LogP contribution is 2.16. The summed E-state index contributed by atoms with van der Waals surface area (Å²) >= 11 is 0. The van der Waals surface area contributed by atoms with E-state index in [0.717, 1.165) is 38.3 Å². The summed E-state index contributed by atoms with van der Waals surface area (Å²) < 4.78 is 5.24. The molecule has 156 valence electrons. The van der Waals surface area contributed by atoms with E-state index in [1.807, 2.05) is 18.2 Å². The molecular formula is C22H26N6O2. The molecular weight excluding hydrogens is 380 g/mol. The highest BCUT2D eigenvalue weighted by molar-refractivity contribution is 5.76. The number of hydrogen-bond donors (Lipinski definition) is 1. The Hall–Kier alpha value is -3.26. The second-order valence-electron chi connectivity index (χ2n) is 7.26. The van der Waals surface area contributed by atoms with Crippen molar-refractivity contribution in [2.24, 2.45) is 0 Å². The maximum atomic E-state index is 12.1. The van der Waals surface area contributed by atoms with Gasteiger partial charge in [0.25, 0.3) is 0 Å². The van der Waals surface area contributed by atoms with Gasteiger partial charge in [0.2, 0.25) is 17.6 Å². The van der Waals surface area contributed by atoms with Crippen LogP contribution < -0.4 is 10.2 Å². The zero-order valence-electron chi connectivity index (χ0n) is 16.9. The monoisotopic (exact) mass is 406 g/mol. The molecule has 0 saturated carbocycles. The van der Waals surface area contributed by atoms with Crippen molar-refractivity contribution in [3.63, 3.8) is 0 Å². The molecule has 1 fully saturated rings. The Balaban J connectivity index is 1.13. The van der Waals surface area contributed by atoms with Gasteiger partial charge in [-0.2, -0.15) is 4.98 Å². The number of piperazine rings is 1. The summed E-state index contributed by atoms with van der Waals surface area (Å²) in [7, 11) is 0. The number of para-hydroxylation sites is 1. The maximum absolute atomic E-state index is 12.1. The molecule has 1 amide bonds. The molecule has 0 radical (unpaired) electrons. The molecule has 0 atom stereocenters. The third kappa shape index (κ3) is 5.42. The van der Waals surface area contributed by atoms with Crippen molar-refractivity contribution in [1.29, 1.82) is 0 Å². The molecule has 0 bridgehead atoms. The van der Waals surface area contributed by atoms with Crippen molar-refractivity contribution in [3.8, 4) is 11.4 Å². The first-order valence-corrected chi connectivity index (χ1v) is 10.3. The van der Waals surface area contributed by atoms with Gasteiger partial charge in [-0.15, -0.1) is 0 Å². The molecule has 4 rings (SSSR count). The van der Waals surface area contributed by atoms with Crippen molar-refractivity contribution in [1.82, 2.24) is 25.3 Å². The summed E-state index contributed by atoms with van der Waals surface area (Å²) in [4.78, 5) is 25.2. The van der Waals surface area contributed by atoms with Gasteiger partial charge >= 0.3 is 0 Å². The highest BCUT2D eigenvalue weighted by Gasteiger charge is 2.17. The van der Waals surface area contributed by atoms with Gasteiger partial charge in [0.05, 0.1) is 0 Å². The number of nitrogens with zero attached hydrogens (tertiary/aromatic N) is 5. The number of aryl methyl sites for hydroxylation is 1. The Morgan fingerprint density at radius 2 is 1.80 bits per heavy atom. The van der Waals surface area contributed by atoms with E-state index < -0.39 is 0 Å². The SMILES string of the molecule is O=C(CCc1nc(-c2ccncc2)no1)NCCN1CCN(c2ccccc2)CC1. The minimum atomic E-state index is 0.00147. The molecule has 0 aliphatic carbocycles. The maximum Gasteiger partial charge on any atom is 0.227 e. The van der Waals surface area contributed by atoms with Crippen LogP contribution in [0.25, 0.3) is 11.4 Å². The molecule has 0 unspecified atom stereocenters. The Morgan fingerprint density at radius 3 is 2.57 bits per heavy atom. The van der Waals surface area contributed by atoms with Crippen LogP contribution in [0, 0.1) is 0 Å². The largest absolute Gasteiger partial charge is 0.369 e. The highest BCUT2D eigenvalue weighted by atomic mass is 16.5. The normalized spacial score (nSPS) is 14.6. The quantitative estimate of drug-likeness (QED) is 0.612. The van der Waals surface area contributed by atoms with E-state index in [9.17, 15) is 4.79 Å². The molecule has 8 heteroatoms. The summed E-state index contributed by atoms with van der Waals surface area (Å²) in [5, 5.41) is 6.95. The van der Waals surface area contributed by atoms with Crippen molar-refractivity contribution >= 4 is 11.6 Å². The fraction of sp³-hybridized carbons (Fsp3) is 0.364. The van der Waals surface area contributed by atoms with Crippen LogP contribution in [0.1, 0.15) is 12.3 Å². The van der Waals surface area contributed by atoms with E-state index in [0.29, 0.717) is 31.1 Å². The third-order valence-corrected chi connectivity index (χ3v) is 5.22. The number of anilines is 1. The van der Waals surface area contributed by atoms with Crippen molar-refractivity contribution < 1.29 is 9.32 Å². The van der Waals surface area contributed by atoms with Crippen LogP contribution in [0.4, 0.5) is 5.69 Å². The number of aromatic nitrogens is 3. The van der Waals surface area contributed by atoms with Gasteiger partial charge in [0.15, 0.2) is 0 Å². The number of amides is 1. The Bertz CT molecular complexity index is 923. The average molecular weight is 406 g/mol. The molecule has 8 nitrogen and oxygen atoms in total. The second kappa shape index (κ2) is 9.98. The van der Waals surface area contributed by atoms with Gasteiger partial charge in [-0.05, 0) is 24.3 Å². The number of pyridine rings is 1. The van der Waals surface area contributed by atoms with E-state index in [-0.39, 0.29) is 5.91 Å². The van der Waals surface area contributed by atoms with Gasteiger partial charge in [-0.1, -0.05) is 23.4 Å². The van der Waals surface area contributed by atoms with Crippen molar-refractivity contribution in [3.05, 3.63) is 60.7 Å². The first-order valence-electron chi connectivity index (χ1n) is 10.3. The van der Waals surface area contributed by atoms with Crippen molar-refractivity contribution in [2.45, 2.75) is 12.8 Å². The van der Waals surface area contributed by atoms with E-state index >= 15 is 0 Å². The van der Waals surface area contributed by atoms with E-state index in [1.165, 1.54) is 5.69 Å². The summed E-state index contributed by atoms with van der Waals surface area (Å²) in [5.41, 5.74) is 2.12. The number of hydrogen-bond acceptors (Lipinski definition) is 7. The number of benzene rings is 1. The first-order chi connectivity index (χ1) is 14.8. The summed E-state index contributed by atoms with van der Waals surface area (Å²) in [5.74, 6) is 0.984. The van der Waals surface area contributed by atoms with Gasteiger partial charge < -0.3 is 14.7 Å². The molecule has 3 heterocycles. The molecule has 2 aromatic heterocycles. The second-order valence-corrected chi connectivity index (χ2v) is 7.26. The zero-order chi connectivity index (χ0) is 20.6. The lowest BCUT2D eigenvalue weighted by Gasteiger charge is -2.36. The Morgan fingerprint density at radius 1 is 1.03 bits per heavy atom. The first kappa shape index (κ1) is 20.0. The standard InChI is InChI=1S/C22H26N6O2/c29-20(6-7-21-25-22(26-30-21)18-8-10-23-11-9-18)24-12-13-27-14-16-28(17-15-27)19-4-2-1-3-5-19/h1-5,8-11H,6-7,12-17H2,(H,24,29). The van der Waals surface area contributed by atoms with Crippen molar-refractivity contribution in [2.75, 3.05) is 44.2 Å². The predicted octanol–water partition coefficient (Wildman–Crippen LogP) is 2.00. The number of carbonyl (C=O) groups excluding carboxylic acids is 1. The average Bonchev–Trinajstić information content (AvgIpc) is 3.29. The number of nitrogens with one attached hydrogen (secondary N) is 1. The fourth-order valence-corrected chi connectivity index (χ4v) is 3.51. The van der Waals surface area contributed by atoms with E-state index in [1.54, 1.807) is 12.4 Å². The predicted molar refractivity (Wildman–Crippen MR) is 114 cm³/mol. The number of carbonyl (C=O) groups is 1. The van der Waals surface area contributed by atoms with Crippen LogP contribution in [-0.2, 0) is 11.2 Å². The topological polar surface area (TPSA) is 87.4 Å². The van der Waals surface area contributed by atoms with Crippen LogP contribution in [-0.4, -0.2) is 65.2 Å². The molecule has 1 aliphatic rings. The van der Waals surface area contributed by atoms with Gasteiger partial charge in [-0.3, -0.25) is 14.7 Å². The van der Waals surface area contributed by atoms with Gasteiger partial charge in [0.1, 0.15) is 0 Å². The molecule has 30 heavy (non-hydrogen) atoms. The minimum absolute atomic E-state index is 0.00147. The van der Waals surface area contributed by atoms with Crippen LogP contribution in [0.15, 0.2) is 59.4 Å². The molecule has 1 aromatic carbocycles. The van der Waals surface area contributed by atoms with E-state index in [2.05, 4.69) is 54.5 Å². The zero-order valence-corrected chi connectivity index (χ0v) is 16.9.